The summed E-state index contributed by atoms with van der Waals surface area (Å²) < 4.78 is 37.3. The van der Waals surface area contributed by atoms with Crippen molar-refractivity contribution in [3.05, 3.63) is 43.0 Å². The molecule has 4 heterocycles. The number of thiophene rings is 2. The normalized spacial score (nSPS) is 12.9. The molecule has 0 aliphatic heterocycles. The first-order chi connectivity index (χ1) is 34.3. The van der Waals surface area contributed by atoms with E-state index in [0.29, 0.717) is 25.0 Å². The lowest BCUT2D eigenvalue weighted by molar-refractivity contribution is 0.307. The molecule has 382 valence electrons. The van der Waals surface area contributed by atoms with Crippen LogP contribution in [0.25, 0.3) is 64.5 Å². The lowest BCUT2D eigenvalue weighted by Crippen LogP contribution is -2.05. The Labute approximate surface area is 453 Å². The molecule has 0 N–H and O–H groups in total. The molecule has 6 nitrogen and oxygen atoms in total. The van der Waals surface area contributed by atoms with E-state index < -0.39 is 0 Å². The first-order valence-corrected chi connectivity index (χ1v) is 32.2. The van der Waals surface area contributed by atoms with Gasteiger partial charge in [0.1, 0.15) is 33.6 Å². The van der Waals surface area contributed by atoms with Crippen LogP contribution in [-0.4, -0.2) is 30.7 Å². The summed E-state index contributed by atoms with van der Waals surface area (Å²) in [7, 11) is 0. The zero-order chi connectivity index (χ0) is 49.2. The average molecular weight is 1150 g/mol. The molecule has 0 aliphatic carbocycles. The fraction of sp³-hybridized carbons (Fsp3) is 0.621. The largest absolute Gasteiger partial charge is 0.492 e. The minimum atomic E-state index is 0.621. The summed E-state index contributed by atoms with van der Waals surface area (Å²) >= 11 is 14.4. The van der Waals surface area contributed by atoms with Gasteiger partial charge >= 0.3 is 0 Å². The highest BCUT2D eigenvalue weighted by Gasteiger charge is 2.29. The van der Waals surface area contributed by atoms with Gasteiger partial charge in [-0.25, -0.2) is 0 Å². The molecule has 12 heteroatoms. The molecule has 0 saturated carbocycles. The predicted molar refractivity (Wildman–Crippen MR) is 316 cm³/mol. The van der Waals surface area contributed by atoms with E-state index in [1.54, 1.807) is 0 Å². The molecule has 0 radical (unpaired) electrons. The third-order valence-corrected chi connectivity index (χ3v) is 19.5. The van der Waals surface area contributed by atoms with E-state index in [0.717, 1.165) is 105 Å². The second-order valence-corrected chi connectivity index (χ2v) is 25.8. The number of hydrogen-bond acceptors (Lipinski definition) is 10. The van der Waals surface area contributed by atoms with Gasteiger partial charge in [0.05, 0.1) is 55.0 Å². The molecule has 7 aromatic rings. The number of hydrogen-bond donors (Lipinski definition) is 0. The zero-order valence-corrected chi connectivity index (χ0v) is 49.7. The molecule has 3 aromatic carbocycles. The van der Waals surface area contributed by atoms with Gasteiger partial charge in [0.25, 0.3) is 0 Å². The first kappa shape index (κ1) is 55.5. The Morgan fingerprint density at radius 3 is 1.17 bits per heavy atom. The standard InChI is InChI=1S/C58H80Br2N4O2S4/c1-7-13-19-23-29-39(27-17-11-5)33-41-35-47(67-57(41)59)43-37-45-49(53-51(43)61-69-63-53)56(66-32-26-22-16-10-4)46-38-44(52-54(64-70-62-52)50(46)55(45)65-31-25-21-15-9-3)48-36-42(58(60)68-48)34-40(28-18-12-6)30-24-20-14-8-2/h35-40H,7-34H2,1-6H3. The second-order valence-electron chi connectivity index (χ2n) is 20.0. The Hall–Kier alpha value is -2.22. The van der Waals surface area contributed by atoms with Gasteiger partial charge in [0.15, 0.2) is 0 Å². The molecule has 0 saturated heterocycles. The lowest BCUT2D eigenvalue weighted by Gasteiger charge is -2.20. The number of benzene rings is 3. The topological polar surface area (TPSA) is 70.0 Å². The van der Waals surface area contributed by atoms with E-state index in [2.05, 4.69) is 97.7 Å². The summed E-state index contributed by atoms with van der Waals surface area (Å²) in [5.41, 5.74) is 8.66. The summed E-state index contributed by atoms with van der Waals surface area (Å²) in [4.78, 5) is 2.43. The molecular weight excluding hydrogens is 1070 g/mol. The van der Waals surface area contributed by atoms with Crippen molar-refractivity contribution in [2.24, 2.45) is 11.8 Å². The Bertz CT molecular complexity index is 2500. The first-order valence-electron chi connectivity index (χ1n) is 27.5. The number of halogens is 2. The Kier molecular flexibility index (Phi) is 23.0. The van der Waals surface area contributed by atoms with Crippen LogP contribution >= 0.6 is 78.0 Å². The third-order valence-electron chi connectivity index (χ3n) is 14.4. The van der Waals surface area contributed by atoms with E-state index in [-0.39, 0.29) is 0 Å². The van der Waals surface area contributed by atoms with E-state index in [9.17, 15) is 0 Å². The van der Waals surface area contributed by atoms with Crippen molar-refractivity contribution >= 4 is 122 Å². The lowest BCUT2D eigenvalue weighted by atomic mass is 9.89. The number of aromatic nitrogens is 4. The van der Waals surface area contributed by atoms with Crippen LogP contribution in [0.4, 0.5) is 0 Å². The van der Waals surface area contributed by atoms with Gasteiger partial charge < -0.3 is 9.47 Å². The molecule has 2 atom stereocenters. The summed E-state index contributed by atoms with van der Waals surface area (Å²) in [6, 6.07) is 9.59. The Morgan fingerprint density at radius 1 is 0.429 bits per heavy atom. The minimum absolute atomic E-state index is 0.621. The average Bonchev–Trinajstić information content (AvgIpc) is 4.20. The molecule has 0 amide bonds. The quantitative estimate of drug-likeness (QED) is 0.0296. The highest BCUT2D eigenvalue weighted by Crippen LogP contribution is 2.53. The highest BCUT2D eigenvalue weighted by atomic mass is 79.9. The maximum absolute atomic E-state index is 7.18. The van der Waals surface area contributed by atoms with Crippen molar-refractivity contribution in [2.75, 3.05) is 13.2 Å². The zero-order valence-electron chi connectivity index (χ0n) is 43.3. The van der Waals surface area contributed by atoms with E-state index >= 15 is 0 Å². The van der Waals surface area contributed by atoms with E-state index in [4.69, 9.17) is 27.0 Å². The maximum atomic E-state index is 7.18. The van der Waals surface area contributed by atoms with Crippen molar-refractivity contribution in [3.63, 3.8) is 0 Å². The third kappa shape index (κ3) is 14.1. The van der Waals surface area contributed by atoms with Crippen molar-refractivity contribution in [2.45, 2.75) is 208 Å². The summed E-state index contributed by atoms with van der Waals surface area (Å²) in [6.07, 6.45) is 31.9. The van der Waals surface area contributed by atoms with Crippen molar-refractivity contribution in [1.29, 1.82) is 0 Å². The Morgan fingerprint density at radius 2 is 0.786 bits per heavy atom. The van der Waals surface area contributed by atoms with Crippen LogP contribution in [0.5, 0.6) is 11.5 Å². The van der Waals surface area contributed by atoms with Gasteiger partial charge in [0, 0.05) is 31.7 Å². The molecule has 2 unspecified atom stereocenters. The van der Waals surface area contributed by atoms with Crippen LogP contribution in [-0.2, 0) is 12.8 Å². The van der Waals surface area contributed by atoms with Crippen LogP contribution in [0.2, 0.25) is 0 Å². The number of nitrogens with zero attached hydrogens (tertiary/aromatic N) is 4. The van der Waals surface area contributed by atoms with Crippen LogP contribution in [0.3, 0.4) is 0 Å². The van der Waals surface area contributed by atoms with Gasteiger partial charge in [-0.2, -0.15) is 17.5 Å². The van der Waals surface area contributed by atoms with Gasteiger partial charge in [-0.3, -0.25) is 0 Å². The molecular formula is C58H80Br2N4O2S4. The summed E-state index contributed by atoms with van der Waals surface area (Å²) in [6.45, 7) is 15.0. The van der Waals surface area contributed by atoms with Gasteiger partial charge in [-0.1, -0.05) is 183 Å². The van der Waals surface area contributed by atoms with Crippen molar-refractivity contribution in [3.8, 4) is 32.4 Å². The predicted octanol–water partition coefficient (Wildman–Crippen LogP) is 21.5. The Balaban J connectivity index is 1.40. The van der Waals surface area contributed by atoms with Crippen LogP contribution in [0.15, 0.2) is 31.8 Å². The van der Waals surface area contributed by atoms with Crippen LogP contribution < -0.4 is 9.47 Å². The van der Waals surface area contributed by atoms with Gasteiger partial charge in [-0.05, 0) is 105 Å². The molecule has 70 heavy (non-hydrogen) atoms. The highest BCUT2D eigenvalue weighted by molar-refractivity contribution is 9.11. The van der Waals surface area contributed by atoms with Gasteiger partial charge in [0.2, 0.25) is 0 Å². The number of fused-ring (bicyclic) bond motifs is 6. The summed E-state index contributed by atoms with van der Waals surface area (Å²) in [5, 5.41) is 4.02. The van der Waals surface area contributed by atoms with Crippen LogP contribution in [0, 0.1) is 11.8 Å². The van der Waals surface area contributed by atoms with Crippen molar-refractivity contribution < 1.29 is 9.47 Å². The smallest absolute Gasteiger partial charge is 0.137 e. The molecule has 0 bridgehead atoms. The second kappa shape index (κ2) is 29.0. The molecule has 4 aromatic heterocycles. The molecule has 0 spiro atoms. The number of rotatable bonds is 34. The fourth-order valence-electron chi connectivity index (χ4n) is 10.4. The fourth-order valence-corrected chi connectivity index (χ4v) is 15.0. The van der Waals surface area contributed by atoms with Crippen molar-refractivity contribution in [1.82, 2.24) is 17.5 Å². The molecule has 0 aliphatic rings. The van der Waals surface area contributed by atoms with Crippen LogP contribution in [0.1, 0.15) is 207 Å². The molecule has 7 rings (SSSR count). The SMILES string of the molecule is CCCCCCOc1c2cc(-c3cc(CC(CCCC)CCCCCC)c(Br)s3)c3nsnc3c2c(OCCCCCC)c2cc(-c3cc(CC(CCCC)CCCCCC)c(Br)s3)c3nsnc3c12. The van der Waals surface area contributed by atoms with E-state index in [1.165, 1.54) is 180 Å². The monoisotopic (exact) mass is 1150 g/mol. The summed E-state index contributed by atoms with van der Waals surface area (Å²) in [5.74, 6) is 3.09. The maximum Gasteiger partial charge on any atom is 0.137 e. The minimum Gasteiger partial charge on any atom is -0.492 e. The molecule has 0 fully saturated rings. The van der Waals surface area contributed by atoms with Gasteiger partial charge in [-0.15, -0.1) is 22.7 Å². The number of ether oxygens (including phenoxy) is 2. The van der Waals surface area contributed by atoms with E-state index in [1.807, 2.05) is 22.7 Å². The number of unbranched alkanes of at least 4 members (excludes halogenated alkanes) is 14.